The van der Waals surface area contributed by atoms with Gasteiger partial charge in [0.2, 0.25) is 0 Å². The number of hydrogen-bond donors (Lipinski definition) is 1. The quantitative estimate of drug-likeness (QED) is 0.608. The number of nitrogens with zero attached hydrogens (tertiary/aromatic N) is 2. The number of nitrogens with one attached hydrogen (secondary N) is 1. The van der Waals surface area contributed by atoms with Crippen LogP contribution < -0.4 is 9.46 Å². The van der Waals surface area contributed by atoms with Gasteiger partial charge in [-0.15, -0.1) is 0 Å². The molecule has 1 N–H and O–H groups in total. The van der Waals surface area contributed by atoms with Crippen molar-refractivity contribution in [1.82, 2.24) is 9.97 Å². The maximum absolute atomic E-state index is 12.9. The van der Waals surface area contributed by atoms with Gasteiger partial charge in [-0.1, -0.05) is 11.6 Å². The Labute approximate surface area is 166 Å². The number of aromatic nitrogens is 2. The minimum Gasteiger partial charge on any atom is -0.497 e. The third kappa shape index (κ3) is 4.00. The highest BCUT2D eigenvalue weighted by molar-refractivity contribution is 7.92. The lowest BCUT2D eigenvalue weighted by atomic mass is 10.2. The summed E-state index contributed by atoms with van der Waals surface area (Å²) < 4.78 is 38.2. The van der Waals surface area contributed by atoms with Crippen LogP contribution in [0.1, 0.15) is 17.3 Å². The smallest absolute Gasteiger partial charge is 0.341 e. The molecule has 0 unspecified atom stereocenters. The highest BCUT2D eigenvalue weighted by Crippen LogP contribution is 2.29. The summed E-state index contributed by atoms with van der Waals surface area (Å²) in [4.78, 5) is 20.4. The highest BCUT2D eigenvalue weighted by atomic mass is 35.5. The number of hydrogen-bond acceptors (Lipinski definition) is 7. The van der Waals surface area contributed by atoms with Gasteiger partial charge < -0.3 is 9.47 Å². The second kappa shape index (κ2) is 7.99. The van der Waals surface area contributed by atoms with Gasteiger partial charge in [-0.3, -0.25) is 4.72 Å². The lowest BCUT2D eigenvalue weighted by Crippen LogP contribution is -2.18. The molecule has 8 nitrogen and oxygen atoms in total. The second-order valence-electron chi connectivity index (χ2n) is 5.56. The Morgan fingerprint density at radius 2 is 2.04 bits per heavy atom. The molecule has 10 heteroatoms. The molecule has 3 rings (SSSR count). The SMILES string of the molecule is CCOC(=O)c1cc2cccnc2nc1NS(=O)(=O)c1cc(OC)ccc1Cl. The van der Waals surface area contributed by atoms with Gasteiger partial charge >= 0.3 is 5.97 Å². The third-order valence-corrected chi connectivity index (χ3v) is 5.56. The van der Waals surface area contributed by atoms with Crippen molar-refractivity contribution in [2.24, 2.45) is 0 Å². The normalized spacial score (nSPS) is 11.2. The Morgan fingerprint density at radius 1 is 1.25 bits per heavy atom. The minimum atomic E-state index is -4.18. The number of sulfonamides is 1. The maximum Gasteiger partial charge on any atom is 0.341 e. The van der Waals surface area contributed by atoms with Crippen LogP contribution >= 0.6 is 11.6 Å². The van der Waals surface area contributed by atoms with E-state index in [9.17, 15) is 13.2 Å². The zero-order valence-electron chi connectivity index (χ0n) is 15.0. The number of fused-ring (bicyclic) bond motifs is 1. The fourth-order valence-corrected chi connectivity index (χ4v) is 3.98. The van der Waals surface area contributed by atoms with Gasteiger partial charge in [0.15, 0.2) is 11.5 Å². The molecular formula is C18H16ClN3O5S. The van der Waals surface area contributed by atoms with Crippen LogP contribution in [0.5, 0.6) is 5.75 Å². The van der Waals surface area contributed by atoms with Crippen molar-refractivity contribution in [3.63, 3.8) is 0 Å². The molecular weight excluding hydrogens is 406 g/mol. The van der Waals surface area contributed by atoms with Crippen molar-refractivity contribution >= 4 is 44.4 Å². The van der Waals surface area contributed by atoms with E-state index in [0.717, 1.165) is 0 Å². The highest BCUT2D eigenvalue weighted by Gasteiger charge is 2.24. The molecule has 0 amide bonds. The number of carbonyl (C=O) groups excluding carboxylic acids is 1. The van der Waals surface area contributed by atoms with Crippen LogP contribution in [-0.2, 0) is 14.8 Å². The van der Waals surface area contributed by atoms with Gasteiger partial charge in [0.25, 0.3) is 10.0 Å². The number of ether oxygens (including phenoxy) is 2. The molecule has 0 fully saturated rings. The number of anilines is 1. The number of halogens is 1. The Bertz CT molecular complexity index is 1150. The summed E-state index contributed by atoms with van der Waals surface area (Å²) in [5.41, 5.74) is 0.231. The summed E-state index contributed by atoms with van der Waals surface area (Å²) in [6.07, 6.45) is 1.51. The standard InChI is InChI=1S/C18H16ClN3O5S/c1-3-27-18(23)13-9-11-5-4-8-20-16(11)21-17(13)22-28(24,25)15-10-12(26-2)6-7-14(15)19/h4-10H,3H2,1-2H3,(H,20,21,22). The molecule has 0 bridgehead atoms. The summed E-state index contributed by atoms with van der Waals surface area (Å²) >= 11 is 6.05. The molecule has 0 saturated carbocycles. The predicted octanol–water partition coefficient (Wildman–Crippen LogP) is 3.27. The van der Waals surface area contributed by atoms with E-state index >= 15 is 0 Å². The summed E-state index contributed by atoms with van der Waals surface area (Å²) in [7, 11) is -2.77. The third-order valence-electron chi connectivity index (χ3n) is 3.74. The van der Waals surface area contributed by atoms with Gasteiger partial charge in [0, 0.05) is 17.6 Å². The zero-order chi connectivity index (χ0) is 20.3. The fourth-order valence-electron chi connectivity index (χ4n) is 2.45. The first-order valence-corrected chi connectivity index (χ1v) is 10.0. The Hall–Kier alpha value is -2.91. The lowest BCUT2D eigenvalue weighted by molar-refractivity contribution is 0.0527. The van der Waals surface area contributed by atoms with Gasteiger partial charge in [-0.2, -0.15) is 0 Å². The molecule has 1 aromatic carbocycles. The number of benzene rings is 1. The lowest BCUT2D eigenvalue weighted by Gasteiger charge is -2.13. The molecule has 0 radical (unpaired) electrons. The number of rotatable bonds is 6. The van der Waals surface area contributed by atoms with E-state index in [1.165, 1.54) is 37.6 Å². The van der Waals surface area contributed by atoms with E-state index in [2.05, 4.69) is 14.7 Å². The molecule has 2 aromatic heterocycles. The van der Waals surface area contributed by atoms with Crippen molar-refractivity contribution in [3.8, 4) is 5.75 Å². The van der Waals surface area contributed by atoms with Crippen molar-refractivity contribution in [3.05, 3.63) is 53.2 Å². The molecule has 0 aliphatic rings. The first kappa shape index (κ1) is 19.8. The van der Waals surface area contributed by atoms with Crippen molar-refractivity contribution in [2.45, 2.75) is 11.8 Å². The van der Waals surface area contributed by atoms with Crippen LogP contribution in [-0.4, -0.2) is 38.1 Å². The minimum absolute atomic E-state index is 0.00935. The Morgan fingerprint density at radius 3 is 2.75 bits per heavy atom. The van der Waals surface area contributed by atoms with Gasteiger partial charge in [-0.05, 0) is 37.3 Å². The van der Waals surface area contributed by atoms with E-state index in [4.69, 9.17) is 21.1 Å². The van der Waals surface area contributed by atoms with Gasteiger partial charge in [0.05, 0.1) is 18.7 Å². The summed E-state index contributed by atoms with van der Waals surface area (Å²) in [5, 5.41) is 0.554. The van der Waals surface area contributed by atoms with Crippen LogP contribution in [0.4, 0.5) is 5.82 Å². The number of carbonyl (C=O) groups is 1. The summed E-state index contributed by atoms with van der Waals surface area (Å²) in [6, 6.07) is 9.06. The molecule has 0 spiro atoms. The average molecular weight is 422 g/mol. The Kier molecular flexibility index (Phi) is 5.66. The summed E-state index contributed by atoms with van der Waals surface area (Å²) in [5.74, 6) is -0.609. The van der Waals surface area contributed by atoms with E-state index in [-0.39, 0.29) is 33.6 Å². The van der Waals surface area contributed by atoms with E-state index in [1.54, 1.807) is 19.1 Å². The van der Waals surface area contributed by atoms with Crippen LogP contribution in [0.15, 0.2) is 47.5 Å². The molecule has 28 heavy (non-hydrogen) atoms. The van der Waals surface area contributed by atoms with Crippen LogP contribution in [0, 0.1) is 0 Å². The van der Waals surface area contributed by atoms with E-state index in [0.29, 0.717) is 11.1 Å². The van der Waals surface area contributed by atoms with Gasteiger partial charge in [0.1, 0.15) is 16.2 Å². The van der Waals surface area contributed by atoms with Gasteiger partial charge in [-0.25, -0.2) is 23.2 Å². The van der Waals surface area contributed by atoms with Crippen molar-refractivity contribution < 1.29 is 22.7 Å². The number of pyridine rings is 2. The molecule has 0 saturated heterocycles. The van der Waals surface area contributed by atoms with Crippen LogP contribution in [0.2, 0.25) is 5.02 Å². The largest absolute Gasteiger partial charge is 0.497 e. The van der Waals surface area contributed by atoms with E-state index < -0.39 is 16.0 Å². The van der Waals surface area contributed by atoms with Crippen molar-refractivity contribution in [2.75, 3.05) is 18.4 Å². The fraction of sp³-hybridized carbons (Fsp3) is 0.167. The Balaban J connectivity index is 2.12. The number of methoxy groups -OCH3 is 1. The molecule has 0 aliphatic heterocycles. The first-order valence-electron chi connectivity index (χ1n) is 8.15. The zero-order valence-corrected chi connectivity index (χ0v) is 16.5. The van der Waals surface area contributed by atoms with Crippen molar-refractivity contribution in [1.29, 1.82) is 0 Å². The van der Waals surface area contributed by atoms with E-state index in [1.807, 2.05) is 0 Å². The molecule has 0 atom stereocenters. The molecule has 0 aliphatic carbocycles. The topological polar surface area (TPSA) is 107 Å². The molecule has 3 aromatic rings. The van der Waals surface area contributed by atoms with Crippen LogP contribution in [0.25, 0.3) is 11.0 Å². The maximum atomic E-state index is 12.9. The summed E-state index contributed by atoms with van der Waals surface area (Å²) in [6.45, 7) is 1.77. The second-order valence-corrected chi connectivity index (χ2v) is 7.62. The first-order chi connectivity index (χ1) is 13.4. The number of esters is 1. The predicted molar refractivity (Wildman–Crippen MR) is 104 cm³/mol. The average Bonchev–Trinajstić information content (AvgIpc) is 2.67. The monoisotopic (exact) mass is 421 g/mol. The molecule has 146 valence electrons. The van der Waals surface area contributed by atoms with Crippen LogP contribution in [0.3, 0.4) is 0 Å². The molecule has 2 heterocycles.